The number of anilines is 1. The third-order valence-corrected chi connectivity index (χ3v) is 8.47. The summed E-state index contributed by atoms with van der Waals surface area (Å²) in [6.07, 6.45) is -1.74. The number of hydrogen-bond acceptors (Lipinski definition) is 7. The number of likely N-dealkylation sites (tertiary alicyclic amines) is 1. The lowest BCUT2D eigenvalue weighted by Gasteiger charge is -2.36. The van der Waals surface area contributed by atoms with Crippen molar-refractivity contribution in [3.8, 4) is 0 Å². The molecule has 0 unspecified atom stereocenters. The van der Waals surface area contributed by atoms with E-state index in [1.54, 1.807) is 42.2 Å². The summed E-state index contributed by atoms with van der Waals surface area (Å²) in [5, 5.41) is 12.9. The molecule has 13 heteroatoms. The molecule has 0 aliphatic carbocycles. The zero-order chi connectivity index (χ0) is 29.9. The van der Waals surface area contributed by atoms with E-state index >= 15 is 0 Å². The molecule has 3 aromatic rings. The van der Waals surface area contributed by atoms with Crippen LogP contribution < -0.4 is 5.32 Å². The molecule has 2 amide bonds. The second-order valence-corrected chi connectivity index (χ2v) is 11.2. The summed E-state index contributed by atoms with van der Waals surface area (Å²) in [7, 11) is 1.91. The molecule has 2 N–H and O–H groups in total. The van der Waals surface area contributed by atoms with Crippen molar-refractivity contribution in [2.75, 3.05) is 17.6 Å². The van der Waals surface area contributed by atoms with Gasteiger partial charge in [0.2, 0.25) is 5.91 Å². The van der Waals surface area contributed by atoms with E-state index < -0.39 is 30.3 Å². The molecule has 0 bridgehead atoms. The summed E-state index contributed by atoms with van der Waals surface area (Å²) in [4.78, 5) is 29.7. The highest BCUT2D eigenvalue weighted by Crippen LogP contribution is 2.40. The highest BCUT2D eigenvalue weighted by atomic mass is 32.2. The van der Waals surface area contributed by atoms with Gasteiger partial charge < -0.3 is 29.4 Å². The SMILES string of the molecule is Cn1ccnc1SC[C@@H]1C[C@H](c2ccc(CO)cc2)O[C@H](c2cccc(NC(=O)[C@@H]3CCCN3C(=O)C(F)(F)F)c2)O1. The van der Waals surface area contributed by atoms with Gasteiger partial charge in [0.05, 0.1) is 18.8 Å². The van der Waals surface area contributed by atoms with Crippen molar-refractivity contribution in [3.63, 3.8) is 0 Å². The van der Waals surface area contributed by atoms with Crippen molar-refractivity contribution < 1.29 is 37.3 Å². The number of aryl methyl sites for hydroxylation is 1. The maximum Gasteiger partial charge on any atom is 0.471 e. The van der Waals surface area contributed by atoms with Crippen LogP contribution in [0.2, 0.25) is 0 Å². The Hall–Kier alpha value is -3.39. The number of nitrogens with zero attached hydrogens (tertiary/aromatic N) is 3. The zero-order valence-corrected chi connectivity index (χ0v) is 23.6. The minimum atomic E-state index is -5.04. The highest BCUT2D eigenvalue weighted by molar-refractivity contribution is 7.99. The van der Waals surface area contributed by atoms with E-state index in [2.05, 4.69) is 10.3 Å². The molecule has 4 atom stereocenters. The maximum atomic E-state index is 13.0. The molecule has 2 fully saturated rings. The van der Waals surface area contributed by atoms with Crippen LogP contribution in [0.5, 0.6) is 0 Å². The molecule has 42 heavy (non-hydrogen) atoms. The van der Waals surface area contributed by atoms with E-state index in [-0.39, 0.29) is 31.8 Å². The van der Waals surface area contributed by atoms with Crippen LogP contribution in [0.1, 0.15) is 48.3 Å². The molecule has 0 saturated carbocycles. The Morgan fingerprint density at radius 1 is 1.14 bits per heavy atom. The topological polar surface area (TPSA) is 106 Å². The molecular formula is C29H31F3N4O5S. The average molecular weight is 605 g/mol. The maximum absolute atomic E-state index is 13.0. The minimum absolute atomic E-state index is 0.0675. The van der Waals surface area contributed by atoms with Crippen LogP contribution in [0, 0.1) is 0 Å². The van der Waals surface area contributed by atoms with Gasteiger partial charge in [-0.2, -0.15) is 13.2 Å². The first kappa shape index (κ1) is 30.1. The predicted octanol–water partition coefficient (Wildman–Crippen LogP) is 4.74. The van der Waals surface area contributed by atoms with Gasteiger partial charge in [-0.25, -0.2) is 4.98 Å². The fraction of sp³-hybridized carbons (Fsp3) is 0.414. The largest absolute Gasteiger partial charge is 0.471 e. The number of alkyl halides is 3. The molecule has 2 saturated heterocycles. The number of benzene rings is 2. The van der Waals surface area contributed by atoms with Crippen molar-refractivity contribution in [1.82, 2.24) is 14.5 Å². The molecule has 9 nitrogen and oxygen atoms in total. The molecule has 0 radical (unpaired) electrons. The van der Waals surface area contributed by atoms with E-state index in [4.69, 9.17) is 9.47 Å². The first-order valence-electron chi connectivity index (χ1n) is 13.5. The predicted molar refractivity (Wildman–Crippen MR) is 148 cm³/mol. The minimum Gasteiger partial charge on any atom is -0.392 e. The van der Waals surface area contributed by atoms with Crippen molar-refractivity contribution >= 4 is 29.3 Å². The summed E-state index contributed by atoms with van der Waals surface area (Å²) in [5.74, 6) is -2.08. The smallest absolute Gasteiger partial charge is 0.392 e. The number of aromatic nitrogens is 2. The van der Waals surface area contributed by atoms with Crippen molar-refractivity contribution in [1.29, 1.82) is 0 Å². The Kier molecular flexibility index (Phi) is 9.21. The van der Waals surface area contributed by atoms with Crippen molar-refractivity contribution in [2.45, 2.75) is 61.7 Å². The van der Waals surface area contributed by atoms with Gasteiger partial charge in [0, 0.05) is 49.4 Å². The van der Waals surface area contributed by atoms with Gasteiger partial charge in [-0.3, -0.25) is 9.59 Å². The number of hydrogen-bond donors (Lipinski definition) is 2. The lowest BCUT2D eigenvalue weighted by atomic mass is 10.0. The number of thioether (sulfide) groups is 1. The van der Waals surface area contributed by atoms with E-state index in [1.165, 1.54) is 0 Å². The van der Waals surface area contributed by atoms with E-state index in [0.717, 1.165) is 16.3 Å². The van der Waals surface area contributed by atoms with Crippen molar-refractivity contribution in [2.24, 2.45) is 7.05 Å². The van der Waals surface area contributed by atoms with Crippen LogP contribution in [0.25, 0.3) is 0 Å². The third kappa shape index (κ3) is 6.97. The quantitative estimate of drug-likeness (QED) is 0.358. The second-order valence-electron chi connectivity index (χ2n) is 10.3. The zero-order valence-electron chi connectivity index (χ0n) is 22.8. The number of amides is 2. The molecule has 224 valence electrons. The number of nitrogens with one attached hydrogen (secondary N) is 1. The van der Waals surface area contributed by atoms with Crippen LogP contribution in [0.15, 0.2) is 66.1 Å². The Labute approximate surface area is 245 Å². The number of aliphatic hydroxyl groups is 1. The fourth-order valence-corrected chi connectivity index (χ4v) is 6.06. The standard InChI is InChI=1S/C29H31F3N4O5S/c1-35-13-11-33-28(35)42-17-22-15-24(19-9-7-18(16-37)8-10-19)41-26(40-22)20-4-2-5-21(14-20)34-25(38)23-6-3-12-36(23)27(39)29(30,31)32/h2,4-5,7-11,13-14,22-24,26,37H,3,6,12,15-17H2,1H3,(H,34,38)/t22-,23-,24+,26+/m0/s1. The Balaban J connectivity index is 1.32. The third-order valence-electron chi connectivity index (χ3n) is 7.28. The van der Waals surface area contributed by atoms with Crippen LogP contribution in [0.3, 0.4) is 0 Å². The van der Waals surface area contributed by atoms with Crippen LogP contribution in [-0.2, 0) is 32.7 Å². The van der Waals surface area contributed by atoms with Gasteiger partial charge in [-0.05, 0) is 36.1 Å². The van der Waals surface area contributed by atoms with Crippen LogP contribution in [0.4, 0.5) is 18.9 Å². The number of rotatable bonds is 8. The molecular weight excluding hydrogens is 573 g/mol. The molecule has 2 aliphatic rings. The van der Waals surface area contributed by atoms with Gasteiger partial charge in [0.25, 0.3) is 0 Å². The Morgan fingerprint density at radius 2 is 1.93 bits per heavy atom. The molecule has 3 heterocycles. The number of imidazole rings is 1. The Bertz CT molecular complexity index is 1400. The van der Waals surface area contributed by atoms with E-state index in [1.807, 2.05) is 42.1 Å². The number of ether oxygens (including phenoxy) is 2. The van der Waals surface area contributed by atoms with Crippen molar-refractivity contribution in [3.05, 3.63) is 77.6 Å². The first-order chi connectivity index (χ1) is 20.1. The lowest BCUT2D eigenvalue weighted by molar-refractivity contribution is -0.245. The van der Waals surface area contributed by atoms with Gasteiger partial charge in [-0.15, -0.1) is 0 Å². The summed E-state index contributed by atoms with van der Waals surface area (Å²) < 4.78 is 53.7. The Morgan fingerprint density at radius 3 is 2.62 bits per heavy atom. The summed E-state index contributed by atoms with van der Waals surface area (Å²) >= 11 is 1.56. The molecule has 2 aliphatic heterocycles. The number of carbonyl (C=O) groups is 2. The van der Waals surface area contributed by atoms with Gasteiger partial charge in [-0.1, -0.05) is 48.2 Å². The average Bonchev–Trinajstić information content (AvgIpc) is 3.64. The van der Waals surface area contributed by atoms with Crippen LogP contribution >= 0.6 is 11.8 Å². The lowest BCUT2D eigenvalue weighted by Crippen LogP contribution is -2.48. The first-order valence-corrected chi connectivity index (χ1v) is 14.5. The molecule has 2 aromatic carbocycles. The fourth-order valence-electron chi connectivity index (χ4n) is 5.12. The van der Waals surface area contributed by atoms with Crippen LogP contribution in [-0.4, -0.2) is 62.0 Å². The number of carbonyl (C=O) groups excluding carboxylic acids is 2. The van der Waals surface area contributed by atoms with E-state index in [0.29, 0.717) is 34.7 Å². The second kappa shape index (κ2) is 12.9. The summed E-state index contributed by atoms with van der Waals surface area (Å²) in [5.41, 5.74) is 2.67. The van der Waals surface area contributed by atoms with Gasteiger partial charge in [0.1, 0.15) is 6.04 Å². The monoisotopic (exact) mass is 604 g/mol. The summed E-state index contributed by atoms with van der Waals surface area (Å²) in [6.45, 7) is -0.194. The van der Waals surface area contributed by atoms with Gasteiger partial charge >= 0.3 is 12.1 Å². The number of aliphatic hydroxyl groups excluding tert-OH is 1. The van der Waals surface area contributed by atoms with E-state index in [9.17, 15) is 27.9 Å². The molecule has 1 aromatic heterocycles. The van der Waals surface area contributed by atoms with Gasteiger partial charge in [0.15, 0.2) is 11.4 Å². The summed E-state index contributed by atoms with van der Waals surface area (Å²) in [6, 6.07) is 13.1. The highest BCUT2D eigenvalue weighted by Gasteiger charge is 2.47. The molecule has 5 rings (SSSR count). The number of halogens is 3. The molecule has 0 spiro atoms. The normalized spacial score (nSPS) is 22.7.